The van der Waals surface area contributed by atoms with E-state index in [0.717, 1.165) is 27.7 Å². The molecule has 136 valence electrons. The van der Waals surface area contributed by atoms with Crippen LogP contribution in [0, 0.1) is 6.92 Å². The fourth-order valence-electron chi connectivity index (χ4n) is 2.49. The van der Waals surface area contributed by atoms with Crippen LogP contribution in [-0.4, -0.2) is 34.6 Å². The van der Waals surface area contributed by atoms with Crippen molar-refractivity contribution in [1.29, 1.82) is 0 Å². The van der Waals surface area contributed by atoms with E-state index in [-0.39, 0.29) is 5.91 Å². The van der Waals surface area contributed by atoms with Crippen LogP contribution in [0.4, 0.5) is 5.13 Å². The lowest BCUT2D eigenvalue weighted by molar-refractivity contribution is 0.0953. The number of carbonyl (C=O) groups excluding carboxylic acids is 1. The minimum Gasteiger partial charge on any atom is -0.365 e. The summed E-state index contributed by atoms with van der Waals surface area (Å²) in [6.07, 6.45) is 1.24. The third kappa shape index (κ3) is 4.08. The molecule has 2 N–H and O–H groups in total. The van der Waals surface area contributed by atoms with Crippen molar-refractivity contribution >= 4 is 22.4 Å². The van der Waals surface area contributed by atoms with Crippen LogP contribution in [0.1, 0.15) is 34.7 Å². The van der Waals surface area contributed by atoms with Crippen molar-refractivity contribution < 1.29 is 9.32 Å². The Morgan fingerprint density at radius 3 is 2.85 bits per heavy atom. The standard InChI is InChI=1S/C18H21N5O2S/c1-4-14-22-15(25-23-14)8-9-20-17(24)13-7-5-6-12(10-13)16-11(2)21-18(19-3)26-16/h5-7,10H,4,8-9H2,1-3H3,(H,19,21)(H,20,24). The van der Waals surface area contributed by atoms with Crippen LogP contribution < -0.4 is 10.6 Å². The van der Waals surface area contributed by atoms with Crippen molar-refractivity contribution in [2.24, 2.45) is 0 Å². The van der Waals surface area contributed by atoms with E-state index in [4.69, 9.17) is 4.52 Å². The number of amides is 1. The minimum absolute atomic E-state index is 0.127. The average molecular weight is 371 g/mol. The molecule has 7 nitrogen and oxygen atoms in total. The summed E-state index contributed by atoms with van der Waals surface area (Å²) in [7, 11) is 1.85. The Kier molecular flexibility index (Phi) is 5.62. The van der Waals surface area contributed by atoms with Gasteiger partial charge in [0.1, 0.15) is 0 Å². The van der Waals surface area contributed by atoms with E-state index < -0.39 is 0 Å². The highest BCUT2D eigenvalue weighted by Crippen LogP contribution is 2.32. The number of thiazole rings is 1. The van der Waals surface area contributed by atoms with E-state index in [1.54, 1.807) is 17.4 Å². The molecule has 26 heavy (non-hydrogen) atoms. The van der Waals surface area contributed by atoms with Gasteiger partial charge in [-0.15, -0.1) is 0 Å². The lowest BCUT2D eigenvalue weighted by Gasteiger charge is -2.06. The summed E-state index contributed by atoms with van der Waals surface area (Å²) in [5.41, 5.74) is 2.54. The fraction of sp³-hybridized carbons (Fsp3) is 0.333. The molecule has 0 saturated heterocycles. The lowest BCUT2D eigenvalue weighted by Crippen LogP contribution is -2.25. The number of benzene rings is 1. The Bertz CT molecular complexity index is 903. The zero-order valence-corrected chi connectivity index (χ0v) is 15.8. The molecule has 0 saturated carbocycles. The molecule has 2 heterocycles. The number of carbonyl (C=O) groups is 1. The second-order valence-corrected chi connectivity index (χ2v) is 6.73. The van der Waals surface area contributed by atoms with Crippen molar-refractivity contribution in [3.05, 3.63) is 47.2 Å². The van der Waals surface area contributed by atoms with Crippen LogP contribution in [-0.2, 0) is 12.8 Å². The summed E-state index contributed by atoms with van der Waals surface area (Å²) in [5.74, 6) is 1.09. The van der Waals surface area contributed by atoms with E-state index >= 15 is 0 Å². The van der Waals surface area contributed by atoms with E-state index in [0.29, 0.717) is 30.2 Å². The van der Waals surface area contributed by atoms with Gasteiger partial charge in [-0.2, -0.15) is 4.98 Å². The first-order valence-corrected chi connectivity index (χ1v) is 9.27. The summed E-state index contributed by atoms with van der Waals surface area (Å²) < 4.78 is 5.12. The smallest absolute Gasteiger partial charge is 0.251 e. The fourth-order valence-corrected chi connectivity index (χ4v) is 3.41. The molecule has 3 aromatic rings. The van der Waals surface area contributed by atoms with Gasteiger partial charge < -0.3 is 15.2 Å². The van der Waals surface area contributed by atoms with Gasteiger partial charge in [-0.3, -0.25) is 4.79 Å². The van der Waals surface area contributed by atoms with Gasteiger partial charge in [0.25, 0.3) is 5.91 Å². The van der Waals surface area contributed by atoms with Crippen LogP contribution in [0.3, 0.4) is 0 Å². The summed E-state index contributed by atoms with van der Waals surface area (Å²) in [4.78, 5) is 22.2. The molecule has 0 aliphatic heterocycles. The maximum Gasteiger partial charge on any atom is 0.251 e. The Morgan fingerprint density at radius 1 is 1.31 bits per heavy atom. The van der Waals surface area contributed by atoms with Crippen molar-refractivity contribution in [3.63, 3.8) is 0 Å². The Hall–Kier alpha value is -2.74. The van der Waals surface area contributed by atoms with Crippen LogP contribution in [0.2, 0.25) is 0 Å². The molecule has 0 aliphatic carbocycles. The van der Waals surface area contributed by atoms with Crippen LogP contribution in [0.5, 0.6) is 0 Å². The molecule has 1 amide bonds. The molecule has 0 bridgehead atoms. The normalized spacial score (nSPS) is 10.7. The van der Waals surface area contributed by atoms with E-state index in [1.165, 1.54) is 0 Å². The molecule has 0 unspecified atom stereocenters. The number of hydrogen-bond donors (Lipinski definition) is 2. The predicted octanol–water partition coefficient (Wildman–Crippen LogP) is 3.08. The minimum atomic E-state index is -0.127. The number of anilines is 1. The molecular weight excluding hydrogens is 350 g/mol. The number of aromatic nitrogens is 3. The predicted molar refractivity (Wildman–Crippen MR) is 102 cm³/mol. The third-order valence-electron chi connectivity index (χ3n) is 3.85. The first kappa shape index (κ1) is 18.1. The van der Waals surface area contributed by atoms with Crippen molar-refractivity contribution in [2.75, 3.05) is 18.9 Å². The van der Waals surface area contributed by atoms with E-state index in [2.05, 4.69) is 25.8 Å². The summed E-state index contributed by atoms with van der Waals surface area (Å²) in [6, 6.07) is 7.56. The first-order chi connectivity index (χ1) is 12.6. The second kappa shape index (κ2) is 8.09. The maximum absolute atomic E-state index is 12.4. The van der Waals surface area contributed by atoms with Gasteiger partial charge in [0.2, 0.25) is 5.89 Å². The van der Waals surface area contributed by atoms with Gasteiger partial charge in [-0.05, 0) is 24.6 Å². The van der Waals surface area contributed by atoms with Crippen LogP contribution >= 0.6 is 11.3 Å². The summed E-state index contributed by atoms with van der Waals surface area (Å²) in [6.45, 7) is 4.38. The largest absolute Gasteiger partial charge is 0.365 e. The molecule has 0 spiro atoms. The van der Waals surface area contributed by atoms with Gasteiger partial charge >= 0.3 is 0 Å². The van der Waals surface area contributed by atoms with Gasteiger partial charge in [0.15, 0.2) is 11.0 Å². The van der Waals surface area contributed by atoms with E-state index in [1.807, 2.05) is 39.1 Å². The summed E-state index contributed by atoms with van der Waals surface area (Å²) >= 11 is 1.57. The number of hydrogen-bond acceptors (Lipinski definition) is 7. The zero-order chi connectivity index (χ0) is 18.5. The van der Waals surface area contributed by atoms with Crippen molar-refractivity contribution in [1.82, 2.24) is 20.4 Å². The molecule has 0 fully saturated rings. The van der Waals surface area contributed by atoms with Gasteiger partial charge in [-0.1, -0.05) is 35.5 Å². The molecule has 0 aliphatic rings. The van der Waals surface area contributed by atoms with Crippen LogP contribution in [0.15, 0.2) is 28.8 Å². The Balaban J connectivity index is 1.65. The highest BCUT2D eigenvalue weighted by molar-refractivity contribution is 7.19. The third-order valence-corrected chi connectivity index (χ3v) is 5.07. The molecule has 2 aromatic heterocycles. The Morgan fingerprint density at radius 2 is 2.15 bits per heavy atom. The number of nitrogens with one attached hydrogen (secondary N) is 2. The van der Waals surface area contributed by atoms with Crippen molar-refractivity contribution in [3.8, 4) is 10.4 Å². The number of rotatable bonds is 7. The van der Waals surface area contributed by atoms with E-state index in [9.17, 15) is 4.79 Å². The second-order valence-electron chi connectivity index (χ2n) is 5.73. The topological polar surface area (TPSA) is 92.9 Å². The molecule has 0 atom stereocenters. The monoisotopic (exact) mass is 371 g/mol. The van der Waals surface area contributed by atoms with Crippen LogP contribution in [0.25, 0.3) is 10.4 Å². The zero-order valence-electron chi connectivity index (χ0n) is 15.0. The average Bonchev–Trinajstić information content (AvgIpc) is 3.28. The van der Waals surface area contributed by atoms with Gasteiger partial charge in [-0.25, -0.2) is 4.98 Å². The molecule has 1 aromatic carbocycles. The lowest BCUT2D eigenvalue weighted by atomic mass is 10.1. The van der Waals surface area contributed by atoms with Gasteiger partial charge in [0, 0.05) is 32.0 Å². The molecule has 0 radical (unpaired) electrons. The highest BCUT2D eigenvalue weighted by atomic mass is 32.1. The highest BCUT2D eigenvalue weighted by Gasteiger charge is 2.12. The molecule has 8 heteroatoms. The number of aryl methyl sites for hydroxylation is 2. The van der Waals surface area contributed by atoms with Crippen molar-refractivity contribution in [2.45, 2.75) is 26.7 Å². The van der Waals surface area contributed by atoms with Gasteiger partial charge in [0.05, 0.1) is 10.6 Å². The Labute approximate surface area is 155 Å². The quantitative estimate of drug-likeness (QED) is 0.663. The molecular formula is C18H21N5O2S. The summed E-state index contributed by atoms with van der Waals surface area (Å²) in [5, 5.41) is 10.6. The SMILES string of the molecule is CCc1noc(CCNC(=O)c2cccc(-c3sc(NC)nc3C)c2)n1. The first-order valence-electron chi connectivity index (χ1n) is 8.46. The molecule has 3 rings (SSSR count). The maximum atomic E-state index is 12.4. The number of nitrogens with zero attached hydrogens (tertiary/aromatic N) is 3.